The zero-order valence-corrected chi connectivity index (χ0v) is 11.3. The fourth-order valence-corrected chi connectivity index (χ4v) is 1.39. The third-order valence-corrected chi connectivity index (χ3v) is 2.48. The van der Waals surface area contributed by atoms with Crippen LogP contribution in [0, 0.1) is 5.92 Å². The average Bonchev–Trinajstić information content (AvgIpc) is 2.34. The van der Waals surface area contributed by atoms with Crippen molar-refractivity contribution in [3.8, 4) is 5.75 Å². The summed E-state index contributed by atoms with van der Waals surface area (Å²) in [5.74, 6) is 1.03. The van der Waals surface area contributed by atoms with E-state index >= 15 is 0 Å². The van der Waals surface area contributed by atoms with Crippen LogP contribution in [0.5, 0.6) is 5.75 Å². The van der Waals surface area contributed by atoms with Crippen LogP contribution in [0.2, 0.25) is 0 Å². The van der Waals surface area contributed by atoms with E-state index in [1.807, 2.05) is 45.0 Å². The Hall–Kier alpha value is -1.55. The van der Waals surface area contributed by atoms with Crippen molar-refractivity contribution >= 4 is 5.91 Å². The number of nitrogens with two attached hydrogens (primary N) is 1. The first-order valence-corrected chi connectivity index (χ1v) is 6.24. The van der Waals surface area contributed by atoms with Crippen LogP contribution in [0.4, 0.5) is 0 Å². The van der Waals surface area contributed by atoms with Gasteiger partial charge in [0.05, 0.1) is 0 Å². The molecule has 1 rings (SSSR count). The van der Waals surface area contributed by atoms with Crippen molar-refractivity contribution in [3.63, 3.8) is 0 Å². The molecular formula is C14H22N2O2. The Bertz CT molecular complexity index is 372. The average molecular weight is 250 g/mol. The number of amides is 1. The molecule has 0 radical (unpaired) electrons. The number of ether oxygens (including phenoxy) is 1. The van der Waals surface area contributed by atoms with E-state index in [0.717, 1.165) is 5.56 Å². The number of hydrogen-bond donors (Lipinski definition) is 2. The number of carbonyl (C=O) groups excluding carboxylic acids is 1. The fraction of sp³-hybridized carbons (Fsp3) is 0.500. The van der Waals surface area contributed by atoms with Gasteiger partial charge < -0.3 is 15.8 Å². The van der Waals surface area contributed by atoms with Crippen molar-refractivity contribution in [2.75, 3.05) is 13.2 Å². The Morgan fingerprint density at radius 3 is 2.39 bits per heavy atom. The lowest BCUT2D eigenvalue weighted by Crippen LogP contribution is -2.31. The normalized spacial score (nSPS) is 12.3. The Morgan fingerprint density at radius 1 is 1.28 bits per heavy atom. The third kappa shape index (κ3) is 5.19. The summed E-state index contributed by atoms with van der Waals surface area (Å²) in [6.45, 7) is 6.74. The first-order chi connectivity index (χ1) is 8.49. The smallest absolute Gasteiger partial charge is 0.257 e. The van der Waals surface area contributed by atoms with Gasteiger partial charge in [0.1, 0.15) is 5.75 Å². The van der Waals surface area contributed by atoms with Crippen molar-refractivity contribution < 1.29 is 9.53 Å². The van der Waals surface area contributed by atoms with Gasteiger partial charge in [0.15, 0.2) is 6.61 Å². The summed E-state index contributed by atoms with van der Waals surface area (Å²) in [6.07, 6.45) is 0. The molecule has 0 saturated heterocycles. The molecular weight excluding hydrogens is 228 g/mol. The maximum atomic E-state index is 11.4. The predicted octanol–water partition coefficient (Wildman–Crippen LogP) is 1.86. The second kappa shape index (κ2) is 7.01. The van der Waals surface area contributed by atoms with Crippen LogP contribution in [0.15, 0.2) is 24.3 Å². The third-order valence-electron chi connectivity index (χ3n) is 2.48. The van der Waals surface area contributed by atoms with Crippen LogP contribution >= 0.6 is 0 Å². The first kappa shape index (κ1) is 14.5. The highest BCUT2D eigenvalue weighted by Gasteiger charge is 2.04. The molecule has 0 bridgehead atoms. The van der Waals surface area contributed by atoms with Gasteiger partial charge in [-0.05, 0) is 30.5 Å². The lowest BCUT2D eigenvalue weighted by molar-refractivity contribution is -0.123. The monoisotopic (exact) mass is 250 g/mol. The van der Waals surface area contributed by atoms with Gasteiger partial charge in [0, 0.05) is 12.6 Å². The fourth-order valence-electron chi connectivity index (χ4n) is 1.39. The molecule has 0 aromatic heterocycles. The van der Waals surface area contributed by atoms with E-state index in [4.69, 9.17) is 10.5 Å². The Morgan fingerprint density at radius 2 is 1.89 bits per heavy atom. The highest BCUT2D eigenvalue weighted by atomic mass is 16.5. The summed E-state index contributed by atoms with van der Waals surface area (Å²) in [5.41, 5.74) is 6.80. The molecule has 0 unspecified atom stereocenters. The Balaban J connectivity index is 2.37. The molecule has 4 nitrogen and oxygen atoms in total. The molecule has 0 heterocycles. The quantitative estimate of drug-likeness (QED) is 0.810. The van der Waals surface area contributed by atoms with Crippen molar-refractivity contribution in [2.24, 2.45) is 11.7 Å². The molecule has 1 atom stereocenters. The molecule has 1 amide bonds. The van der Waals surface area contributed by atoms with Gasteiger partial charge >= 0.3 is 0 Å². The predicted molar refractivity (Wildman–Crippen MR) is 72.4 cm³/mol. The Labute approximate surface area is 109 Å². The summed E-state index contributed by atoms with van der Waals surface area (Å²) in [5, 5.41) is 2.80. The molecule has 0 spiro atoms. The van der Waals surface area contributed by atoms with E-state index in [9.17, 15) is 4.79 Å². The minimum Gasteiger partial charge on any atom is -0.484 e. The topological polar surface area (TPSA) is 64.3 Å². The molecule has 0 saturated carbocycles. The molecule has 18 heavy (non-hydrogen) atoms. The van der Waals surface area contributed by atoms with Gasteiger partial charge in [-0.3, -0.25) is 4.79 Å². The summed E-state index contributed by atoms with van der Waals surface area (Å²) < 4.78 is 5.38. The van der Waals surface area contributed by atoms with Gasteiger partial charge in [-0.25, -0.2) is 0 Å². The van der Waals surface area contributed by atoms with Crippen LogP contribution < -0.4 is 15.8 Å². The number of hydrogen-bond acceptors (Lipinski definition) is 3. The zero-order chi connectivity index (χ0) is 13.5. The first-order valence-electron chi connectivity index (χ1n) is 6.24. The van der Waals surface area contributed by atoms with Crippen LogP contribution in [0.1, 0.15) is 32.4 Å². The van der Waals surface area contributed by atoms with E-state index in [1.54, 1.807) is 0 Å². The Kier molecular flexibility index (Phi) is 5.65. The van der Waals surface area contributed by atoms with Crippen LogP contribution in [-0.4, -0.2) is 19.1 Å². The highest BCUT2D eigenvalue weighted by Crippen LogP contribution is 2.15. The SMILES string of the molecule is CC(C)CNC(=O)COc1ccc([C@H](C)N)cc1. The van der Waals surface area contributed by atoms with Crippen molar-refractivity contribution in [2.45, 2.75) is 26.8 Å². The van der Waals surface area contributed by atoms with Crippen LogP contribution in [0.25, 0.3) is 0 Å². The van der Waals surface area contributed by atoms with E-state index < -0.39 is 0 Å². The second-order valence-corrected chi connectivity index (χ2v) is 4.84. The minimum absolute atomic E-state index is 0.00777. The molecule has 1 aromatic carbocycles. The van der Waals surface area contributed by atoms with Gasteiger partial charge in [-0.1, -0.05) is 26.0 Å². The van der Waals surface area contributed by atoms with E-state index in [2.05, 4.69) is 5.32 Å². The van der Waals surface area contributed by atoms with E-state index in [1.165, 1.54) is 0 Å². The molecule has 0 aliphatic heterocycles. The van der Waals surface area contributed by atoms with E-state index in [0.29, 0.717) is 18.2 Å². The summed E-state index contributed by atoms with van der Waals surface area (Å²) in [4.78, 5) is 11.4. The molecule has 1 aromatic rings. The number of rotatable bonds is 6. The molecule has 100 valence electrons. The van der Waals surface area contributed by atoms with Crippen LogP contribution in [-0.2, 0) is 4.79 Å². The number of nitrogens with one attached hydrogen (secondary N) is 1. The molecule has 3 N–H and O–H groups in total. The molecule has 0 fully saturated rings. The number of benzene rings is 1. The molecule has 0 aliphatic carbocycles. The number of carbonyl (C=O) groups is 1. The van der Waals surface area contributed by atoms with Crippen LogP contribution in [0.3, 0.4) is 0 Å². The molecule has 0 aliphatic rings. The van der Waals surface area contributed by atoms with Gasteiger partial charge in [-0.2, -0.15) is 0 Å². The summed E-state index contributed by atoms with van der Waals surface area (Å²) in [6, 6.07) is 7.48. The van der Waals surface area contributed by atoms with Gasteiger partial charge in [0.2, 0.25) is 0 Å². The lowest BCUT2D eigenvalue weighted by Gasteiger charge is -2.10. The standard InChI is InChI=1S/C14H22N2O2/c1-10(2)8-16-14(17)9-18-13-6-4-12(5-7-13)11(3)15/h4-7,10-11H,8-9,15H2,1-3H3,(H,16,17)/t11-/m0/s1. The van der Waals surface area contributed by atoms with E-state index in [-0.39, 0.29) is 18.6 Å². The van der Waals surface area contributed by atoms with Crippen molar-refractivity contribution in [1.82, 2.24) is 5.32 Å². The minimum atomic E-state index is -0.0973. The largest absolute Gasteiger partial charge is 0.484 e. The zero-order valence-electron chi connectivity index (χ0n) is 11.3. The summed E-state index contributed by atoms with van der Waals surface area (Å²) in [7, 11) is 0. The lowest BCUT2D eigenvalue weighted by atomic mass is 10.1. The molecule has 4 heteroatoms. The maximum absolute atomic E-state index is 11.4. The highest BCUT2D eigenvalue weighted by molar-refractivity contribution is 5.77. The second-order valence-electron chi connectivity index (χ2n) is 4.84. The maximum Gasteiger partial charge on any atom is 0.257 e. The summed E-state index contributed by atoms with van der Waals surface area (Å²) >= 11 is 0. The van der Waals surface area contributed by atoms with Gasteiger partial charge in [0.25, 0.3) is 5.91 Å². The van der Waals surface area contributed by atoms with Gasteiger partial charge in [-0.15, -0.1) is 0 Å². The van der Waals surface area contributed by atoms with Crippen molar-refractivity contribution in [1.29, 1.82) is 0 Å². The van der Waals surface area contributed by atoms with Crippen molar-refractivity contribution in [3.05, 3.63) is 29.8 Å².